The van der Waals surface area contributed by atoms with Crippen molar-refractivity contribution in [1.29, 1.82) is 5.26 Å². The van der Waals surface area contributed by atoms with Gasteiger partial charge in [0, 0.05) is 19.2 Å². The van der Waals surface area contributed by atoms with E-state index in [1.54, 1.807) is 24.1 Å². The fourth-order valence-electron chi connectivity index (χ4n) is 2.36. The number of carbonyl (C=O) groups excluding carboxylic acids is 1. The van der Waals surface area contributed by atoms with Gasteiger partial charge in [0.1, 0.15) is 0 Å². The summed E-state index contributed by atoms with van der Waals surface area (Å²) in [4.78, 5) is 13.8. The predicted molar refractivity (Wildman–Crippen MR) is 74.8 cm³/mol. The molecule has 2 rings (SSSR count). The maximum absolute atomic E-state index is 12.1. The number of anilines is 1. The van der Waals surface area contributed by atoms with Gasteiger partial charge < -0.3 is 10.2 Å². The Morgan fingerprint density at radius 3 is 2.79 bits per heavy atom. The molecule has 1 heterocycles. The van der Waals surface area contributed by atoms with E-state index in [9.17, 15) is 4.79 Å². The van der Waals surface area contributed by atoms with Crippen LogP contribution in [-0.2, 0) is 4.79 Å². The Bertz CT molecular complexity index is 469. The molecule has 0 bridgehead atoms. The highest BCUT2D eigenvalue weighted by Gasteiger charge is 2.17. The summed E-state index contributed by atoms with van der Waals surface area (Å²) < 4.78 is 0. The maximum Gasteiger partial charge on any atom is 0.226 e. The summed E-state index contributed by atoms with van der Waals surface area (Å²) >= 11 is 0. The molecule has 1 aromatic rings. The number of carbonyl (C=O) groups is 1. The first kappa shape index (κ1) is 13.6. The van der Waals surface area contributed by atoms with Gasteiger partial charge in [-0.3, -0.25) is 4.79 Å². The fraction of sp³-hybridized carbons (Fsp3) is 0.467. The van der Waals surface area contributed by atoms with Crippen LogP contribution in [0.15, 0.2) is 24.3 Å². The number of nitriles is 1. The molecule has 1 aliphatic rings. The lowest BCUT2D eigenvalue weighted by molar-refractivity contribution is -0.118. The second-order valence-electron chi connectivity index (χ2n) is 5.01. The van der Waals surface area contributed by atoms with Gasteiger partial charge in [0.05, 0.1) is 11.6 Å². The van der Waals surface area contributed by atoms with E-state index >= 15 is 0 Å². The summed E-state index contributed by atoms with van der Waals surface area (Å²) in [5.74, 6) is 0.773. The molecule has 4 heteroatoms. The zero-order chi connectivity index (χ0) is 13.7. The van der Waals surface area contributed by atoms with Gasteiger partial charge in [0.2, 0.25) is 5.91 Å². The van der Waals surface area contributed by atoms with Crippen molar-refractivity contribution in [3.8, 4) is 6.07 Å². The minimum Gasteiger partial charge on any atom is -0.316 e. The molecule has 0 aliphatic carbocycles. The largest absolute Gasteiger partial charge is 0.316 e. The van der Waals surface area contributed by atoms with Gasteiger partial charge in [-0.05, 0) is 56.1 Å². The molecule has 1 N–H and O–H groups in total. The molecule has 4 nitrogen and oxygen atoms in total. The lowest BCUT2D eigenvalue weighted by atomic mass is 10.0. The summed E-state index contributed by atoms with van der Waals surface area (Å²) in [5.41, 5.74) is 1.45. The Morgan fingerprint density at radius 1 is 1.47 bits per heavy atom. The molecule has 1 unspecified atom stereocenters. The molecule has 1 aliphatic heterocycles. The predicted octanol–water partition coefficient (Wildman–Crippen LogP) is 1.91. The molecule has 1 atom stereocenters. The third-order valence-corrected chi connectivity index (χ3v) is 3.69. The van der Waals surface area contributed by atoms with Crippen LogP contribution in [0.25, 0.3) is 0 Å². The minimum absolute atomic E-state index is 0.136. The van der Waals surface area contributed by atoms with Gasteiger partial charge in [0.25, 0.3) is 0 Å². The van der Waals surface area contributed by atoms with Gasteiger partial charge in [-0.2, -0.15) is 5.26 Å². The molecule has 1 aromatic carbocycles. The first-order valence-corrected chi connectivity index (χ1v) is 6.68. The van der Waals surface area contributed by atoms with Crippen molar-refractivity contribution < 1.29 is 4.79 Å². The molecule has 19 heavy (non-hydrogen) atoms. The van der Waals surface area contributed by atoms with Crippen LogP contribution in [-0.4, -0.2) is 26.0 Å². The molecule has 0 radical (unpaired) electrons. The Kier molecular flexibility index (Phi) is 4.53. The van der Waals surface area contributed by atoms with Crippen LogP contribution in [0.3, 0.4) is 0 Å². The van der Waals surface area contributed by atoms with Gasteiger partial charge in [-0.25, -0.2) is 0 Å². The SMILES string of the molecule is CN(C(=O)CCC1CCNC1)c1ccc(C#N)cc1. The van der Waals surface area contributed by atoms with Crippen LogP contribution in [0.5, 0.6) is 0 Å². The van der Waals surface area contributed by atoms with E-state index in [1.807, 2.05) is 12.1 Å². The molecular formula is C15H19N3O. The monoisotopic (exact) mass is 257 g/mol. The Labute approximate surface area is 114 Å². The molecule has 100 valence electrons. The Hall–Kier alpha value is -1.86. The minimum atomic E-state index is 0.136. The fourth-order valence-corrected chi connectivity index (χ4v) is 2.36. The zero-order valence-electron chi connectivity index (χ0n) is 11.2. The Morgan fingerprint density at radius 2 is 2.21 bits per heavy atom. The maximum atomic E-state index is 12.1. The van der Waals surface area contributed by atoms with Crippen molar-refractivity contribution in [2.45, 2.75) is 19.3 Å². The number of hydrogen-bond donors (Lipinski definition) is 1. The first-order chi connectivity index (χ1) is 9.20. The summed E-state index contributed by atoms with van der Waals surface area (Å²) in [6.45, 7) is 2.11. The topological polar surface area (TPSA) is 56.1 Å². The van der Waals surface area contributed by atoms with Crippen molar-refractivity contribution in [1.82, 2.24) is 5.32 Å². The summed E-state index contributed by atoms with van der Waals surface area (Å²) in [7, 11) is 1.79. The van der Waals surface area contributed by atoms with E-state index in [-0.39, 0.29) is 5.91 Å². The average Bonchev–Trinajstić information content (AvgIpc) is 2.97. The molecule has 0 aromatic heterocycles. The highest BCUT2D eigenvalue weighted by atomic mass is 16.2. The van der Waals surface area contributed by atoms with Crippen molar-refractivity contribution in [2.75, 3.05) is 25.0 Å². The highest BCUT2D eigenvalue weighted by Crippen LogP contribution is 2.18. The summed E-state index contributed by atoms with van der Waals surface area (Å²) in [6, 6.07) is 9.17. The number of nitrogens with zero attached hydrogens (tertiary/aromatic N) is 2. The van der Waals surface area contributed by atoms with Crippen LogP contribution in [0.4, 0.5) is 5.69 Å². The molecular weight excluding hydrogens is 238 g/mol. The standard InChI is InChI=1S/C15H19N3O/c1-18(14-5-2-12(10-16)3-6-14)15(19)7-4-13-8-9-17-11-13/h2-3,5-6,13,17H,4,7-9,11H2,1H3. The molecule has 0 saturated carbocycles. The Balaban J connectivity index is 1.88. The van der Waals surface area contributed by atoms with Crippen LogP contribution in [0, 0.1) is 17.2 Å². The van der Waals surface area contributed by atoms with Crippen molar-refractivity contribution in [3.63, 3.8) is 0 Å². The number of rotatable bonds is 4. The molecule has 1 saturated heterocycles. The van der Waals surface area contributed by atoms with Crippen molar-refractivity contribution >= 4 is 11.6 Å². The molecule has 0 spiro atoms. The normalized spacial score (nSPS) is 18.0. The first-order valence-electron chi connectivity index (χ1n) is 6.68. The van der Waals surface area contributed by atoms with E-state index in [1.165, 1.54) is 6.42 Å². The van der Waals surface area contributed by atoms with E-state index in [0.29, 0.717) is 17.9 Å². The van der Waals surface area contributed by atoms with Crippen LogP contribution in [0.2, 0.25) is 0 Å². The molecule has 1 amide bonds. The zero-order valence-corrected chi connectivity index (χ0v) is 11.2. The number of amides is 1. The third-order valence-electron chi connectivity index (χ3n) is 3.69. The smallest absolute Gasteiger partial charge is 0.226 e. The van der Waals surface area contributed by atoms with E-state index in [0.717, 1.165) is 25.2 Å². The van der Waals surface area contributed by atoms with Crippen molar-refractivity contribution in [2.24, 2.45) is 5.92 Å². The molecule has 1 fully saturated rings. The van der Waals surface area contributed by atoms with Crippen LogP contribution >= 0.6 is 0 Å². The summed E-state index contributed by atoms with van der Waals surface area (Å²) in [5, 5.41) is 12.1. The van der Waals surface area contributed by atoms with Gasteiger partial charge in [0.15, 0.2) is 0 Å². The second kappa shape index (κ2) is 6.35. The van der Waals surface area contributed by atoms with Gasteiger partial charge >= 0.3 is 0 Å². The second-order valence-corrected chi connectivity index (χ2v) is 5.01. The van der Waals surface area contributed by atoms with E-state index < -0.39 is 0 Å². The van der Waals surface area contributed by atoms with E-state index in [4.69, 9.17) is 5.26 Å². The van der Waals surface area contributed by atoms with Gasteiger partial charge in [-0.1, -0.05) is 0 Å². The van der Waals surface area contributed by atoms with E-state index in [2.05, 4.69) is 11.4 Å². The van der Waals surface area contributed by atoms with Crippen LogP contribution < -0.4 is 10.2 Å². The highest BCUT2D eigenvalue weighted by molar-refractivity contribution is 5.92. The number of nitrogens with one attached hydrogen (secondary N) is 1. The van der Waals surface area contributed by atoms with Crippen LogP contribution in [0.1, 0.15) is 24.8 Å². The third kappa shape index (κ3) is 3.55. The quantitative estimate of drug-likeness (QED) is 0.896. The number of benzene rings is 1. The van der Waals surface area contributed by atoms with Crippen molar-refractivity contribution in [3.05, 3.63) is 29.8 Å². The van der Waals surface area contributed by atoms with Gasteiger partial charge in [-0.15, -0.1) is 0 Å². The average molecular weight is 257 g/mol. The summed E-state index contributed by atoms with van der Waals surface area (Å²) in [6.07, 6.45) is 2.71. The number of hydrogen-bond acceptors (Lipinski definition) is 3. The lowest BCUT2D eigenvalue weighted by Crippen LogP contribution is -2.26. The lowest BCUT2D eigenvalue weighted by Gasteiger charge is -2.18.